The predicted molar refractivity (Wildman–Crippen MR) is 135 cm³/mol. The molecule has 4 rings (SSSR count). The fourth-order valence-electron chi connectivity index (χ4n) is 4.52. The van der Waals surface area contributed by atoms with Gasteiger partial charge < -0.3 is 14.0 Å². The number of hydrogen-bond acceptors (Lipinski definition) is 4. The Morgan fingerprint density at radius 1 is 1.21 bits per heavy atom. The lowest BCUT2D eigenvalue weighted by Gasteiger charge is -2.43. The molecule has 1 aliphatic heterocycles. The van der Waals surface area contributed by atoms with Gasteiger partial charge in [0.2, 0.25) is 0 Å². The molecule has 3 aromatic rings. The first kappa shape index (κ1) is 23.6. The van der Waals surface area contributed by atoms with Crippen LogP contribution >= 0.6 is 0 Å². The van der Waals surface area contributed by atoms with Crippen LogP contribution in [0.4, 0.5) is 0 Å². The van der Waals surface area contributed by atoms with Gasteiger partial charge in [-0.2, -0.15) is 0 Å². The minimum atomic E-state index is -0.587. The normalized spacial score (nSPS) is 16.5. The average molecular weight is 458 g/mol. The van der Waals surface area contributed by atoms with E-state index >= 15 is 0 Å². The lowest BCUT2D eigenvalue weighted by molar-refractivity contribution is 0.0522. The number of carbonyl (C=O) groups excluding carboxylic acids is 1. The molecule has 0 spiro atoms. The molecule has 5 heteroatoms. The van der Waals surface area contributed by atoms with Crippen molar-refractivity contribution in [3.8, 4) is 17.0 Å². The van der Waals surface area contributed by atoms with Crippen molar-refractivity contribution in [2.45, 2.75) is 46.3 Å². The fourth-order valence-corrected chi connectivity index (χ4v) is 4.52. The van der Waals surface area contributed by atoms with Crippen LogP contribution in [0.25, 0.3) is 17.3 Å². The third kappa shape index (κ3) is 4.18. The molecule has 5 nitrogen and oxygen atoms in total. The Morgan fingerprint density at radius 3 is 2.59 bits per heavy atom. The van der Waals surface area contributed by atoms with Gasteiger partial charge in [0.15, 0.2) is 5.43 Å². The van der Waals surface area contributed by atoms with Crippen molar-refractivity contribution >= 4 is 12.0 Å². The van der Waals surface area contributed by atoms with E-state index in [9.17, 15) is 9.59 Å². The molecule has 0 aliphatic carbocycles. The Balaban J connectivity index is 1.84. The van der Waals surface area contributed by atoms with Crippen molar-refractivity contribution in [3.63, 3.8) is 0 Å². The van der Waals surface area contributed by atoms with Gasteiger partial charge in [-0.1, -0.05) is 56.8 Å². The maximum absolute atomic E-state index is 12.9. The maximum atomic E-state index is 12.9. The molecule has 176 valence electrons. The number of aromatic nitrogens is 1. The zero-order valence-corrected chi connectivity index (χ0v) is 20.3. The van der Waals surface area contributed by atoms with Crippen molar-refractivity contribution in [2.24, 2.45) is 5.92 Å². The summed E-state index contributed by atoms with van der Waals surface area (Å²) in [6.45, 7) is 12.9. The second-order valence-corrected chi connectivity index (χ2v) is 9.24. The number of esters is 1. The maximum Gasteiger partial charge on any atom is 0.343 e. The quantitative estimate of drug-likeness (QED) is 0.418. The number of pyridine rings is 1. The molecule has 0 saturated heterocycles. The molecule has 34 heavy (non-hydrogen) atoms. The van der Waals surface area contributed by atoms with E-state index in [-0.39, 0.29) is 29.1 Å². The highest BCUT2D eigenvalue weighted by Gasteiger charge is 2.38. The van der Waals surface area contributed by atoms with Crippen molar-refractivity contribution < 1.29 is 14.3 Å². The molecule has 0 fully saturated rings. The first-order chi connectivity index (χ1) is 16.3. The summed E-state index contributed by atoms with van der Waals surface area (Å²) < 4.78 is 13.4. The molecular formula is C29H31NO4. The third-order valence-corrected chi connectivity index (χ3v) is 6.86. The highest BCUT2D eigenvalue weighted by atomic mass is 16.5. The number of rotatable bonds is 7. The Labute approximate surface area is 200 Å². The molecule has 0 N–H and O–H groups in total. The monoisotopic (exact) mass is 457 g/mol. The first-order valence-corrected chi connectivity index (χ1v) is 11.7. The van der Waals surface area contributed by atoms with Gasteiger partial charge in [0, 0.05) is 28.9 Å². The van der Waals surface area contributed by atoms with Gasteiger partial charge in [0.05, 0.1) is 12.3 Å². The molecule has 0 amide bonds. The van der Waals surface area contributed by atoms with Gasteiger partial charge in [-0.25, -0.2) is 4.79 Å². The Morgan fingerprint density at radius 2 is 1.94 bits per heavy atom. The third-order valence-electron chi connectivity index (χ3n) is 6.86. The van der Waals surface area contributed by atoms with Crippen LogP contribution in [0.3, 0.4) is 0 Å². The first-order valence-electron chi connectivity index (χ1n) is 11.7. The van der Waals surface area contributed by atoms with Gasteiger partial charge in [-0.15, -0.1) is 0 Å². The van der Waals surface area contributed by atoms with E-state index in [1.54, 1.807) is 25.3 Å². The minimum absolute atomic E-state index is 0.0627. The summed E-state index contributed by atoms with van der Waals surface area (Å²) in [6.07, 6.45) is 4.18. The number of hydrogen-bond donors (Lipinski definition) is 0. The summed E-state index contributed by atoms with van der Waals surface area (Å²) in [7, 11) is 0. The number of carbonyl (C=O) groups is 1. The lowest BCUT2D eigenvalue weighted by Crippen LogP contribution is -2.42. The van der Waals surface area contributed by atoms with E-state index in [1.807, 2.05) is 36.4 Å². The SMILES string of the molecule is C=Cc1cc2c(cc1OCc1ccccc1)CC(C)(C(C)C)n1cc(C(=O)OCC)c(=O)cc1-2. The highest BCUT2D eigenvalue weighted by molar-refractivity contribution is 5.89. The zero-order chi connectivity index (χ0) is 24.5. The molecule has 1 unspecified atom stereocenters. The van der Waals surface area contributed by atoms with Gasteiger partial charge in [-0.05, 0) is 49.4 Å². The molecule has 0 saturated carbocycles. The Bertz CT molecular complexity index is 1290. The summed E-state index contributed by atoms with van der Waals surface area (Å²) in [5.74, 6) is 0.420. The topological polar surface area (TPSA) is 57.5 Å². The van der Waals surface area contributed by atoms with E-state index in [4.69, 9.17) is 9.47 Å². The smallest absolute Gasteiger partial charge is 0.343 e. The predicted octanol–water partition coefficient (Wildman–Crippen LogP) is 5.84. The lowest BCUT2D eigenvalue weighted by atomic mass is 9.76. The molecule has 0 bridgehead atoms. The fraction of sp³-hybridized carbons (Fsp3) is 0.310. The highest BCUT2D eigenvalue weighted by Crippen LogP contribution is 2.43. The van der Waals surface area contributed by atoms with Crippen LogP contribution in [0.1, 0.15) is 54.7 Å². The number of nitrogens with zero attached hydrogens (tertiary/aromatic N) is 1. The molecule has 1 aliphatic rings. The largest absolute Gasteiger partial charge is 0.488 e. The Kier molecular flexibility index (Phi) is 6.47. The van der Waals surface area contributed by atoms with Crippen LogP contribution in [0.15, 0.2) is 66.1 Å². The van der Waals surface area contributed by atoms with Crippen LogP contribution in [0.2, 0.25) is 0 Å². The van der Waals surface area contributed by atoms with Crippen molar-refractivity contribution in [3.05, 3.63) is 93.8 Å². The molecule has 2 aromatic carbocycles. The van der Waals surface area contributed by atoms with Crippen LogP contribution in [0, 0.1) is 5.92 Å². The summed E-state index contributed by atoms with van der Waals surface area (Å²) in [5, 5.41) is 0. The average Bonchev–Trinajstić information content (AvgIpc) is 2.82. The second-order valence-electron chi connectivity index (χ2n) is 9.24. The molecule has 1 atom stereocenters. The van der Waals surface area contributed by atoms with Crippen LogP contribution in [-0.4, -0.2) is 17.1 Å². The van der Waals surface area contributed by atoms with E-state index in [2.05, 4.69) is 38.0 Å². The van der Waals surface area contributed by atoms with E-state index in [0.717, 1.165) is 40.1 Å². The number of fused-ring (bicyclic) bond motifs is 3. The van der Waals surface area contributed by atoms with Gasteiger partial charge in [0.25, 0.3) is 0 Å². The molecule has 0 radical (unpaired) electrons. The summed E-state index contributed by atoms with van der Waals surface area (Å²) in [5.41, 5.74) is 4.17. The number of ether oxygens (including phenoxy) is 2. The van der Waals surface area contributed by atoms with Crippen LogP contribution in [-0.2, 0) is 23.3 Å². The van der Waals surface area contributed by atoms with Crippen LogP contribution in [0.5, 0.6) is 5.75 Å². The molecule has 1 aromatic heterocycles. The van der Waals surface area contributed by atoms with E-state index < -0.39 is 5.97 Å². The minimum Gasteiger partial charge on any atom is -0.488 e. The van der Waals surface area contributed by atoms with Crippen molar-refractivity contribution in [1.29, 1.82) is 0 Å². The van der Waals surface area contributed by atoms with E-state index in [0.29, 0.717) is 6.61 Å². The van der Waals surface area contributed by atoms with Crippen molar-refractivity contribution in [2.75, 3.05) is 6.61 Å². The van der Waals surface area contributed by atoms with Crippen molar-refractivity contribution in [1.82, 2.24) is 4.57 Å². The van der Waals surface area contributed by atoms with Crippen LogP contribution < -0.4 is 10.2 Å². The standard InChI is InChI=1S/C29H31NO4/c1-6-21-13-23-22(14-27(21)34-18-20-11-9-8-10-12-20)16-29(5,19(3)4)30-17-24(28(32)33-7-2)26(31)15-25(23)30/h6,8-15,17,19H,1,7,16,18H2,2-5H3. The second kappa shape index (κ2) is 9.34. The van der Waals surface area contributed by atoms with Gasteiger partial charge in [-0.3, -0.25) is 4.79 Å². The summed E-state index contributed by atoms with van der Waals surface area (Å²) >= 11 is 0. The summed E-state index contributed by atoms with van der Waals surface area (Å²) in [6, 6.07) is 15.7. The van der Waals surface area contributed by atoms with Gasteiger partial charge >= 0.3 is 5.97 Å². The molecular weight excluding hydrogens is 426 g/mol. The van der Waals surface area contributed by atoms with Gasteiger partial charge in [0.1, 0.15) is 17.9 Å². The summed E-state index contributed by atoms with van der Waals surface area (Å²) in [4.78, 5) is 25.4. The number of benzene rings is 2. The van der Waals surface area contributed by atoms with E-state index in [1.165, 1.54) is 0 Å². The Hall–Kier alpha value is -3.60. The molecule has 2 heterocycles. The zero-order valence-electron chi connectivity index (χ0n) is 20.3.